The number of carboxylic acids is 1. The predicted octanol–water partition coefficient (Wildman–Crippen LogP) is 4.10. The molecule has 1 aromatic rings. The summed E-state index contributed by atoms with van der Waals surface area (Å²) in [6.07, 6.45) is 0.404. The molecule has 1 atom stereocenters. The topological polar surface area (TPSA) is 97.2 Å². The Morgan fingerprint density at radius 3 is 2.48 bits per heavy atom. The van der Waals surface area contributed by atoms with Gasteiger partial charge in [-0.1, -0.05) is 13.8 Å². The summed E-state index contributed by atoms with van der Waals surface area (Å²) in [5.41, 5.74) is 1.89. The van der Waals surface area contributed by atoms with Gasteiger partial charge in [0.25, 0.3) is 0 Å². The number of nitrogens with one attached hydrogen (secondary N) is 1. The first kappa shape index (κ1) is 22.5. The number of aliphatic carboxylic acids is 1. The molecule has 0 heterocycles. The number of hydrogen-bond acceptors (Lipinski definition) is 5. The number of carbonyl (C=O) groups excluding carboxylic acids is 1. The van der Waals surface area contributed by atoms with Crippen LogP contribution in [0.25, 0.3) is 0 Å². The Kier molecular flexibility index (Phi) is 8.28. The lowest BCUT2D eigenvalue weighted by Crippen LogP contribution is -2.36. The number of nitrogens with zero attached hydrogens (tertiary/aromatic N) is 1. The van der Waals surface area contributed by atoms with E-state index in [1.807, 2.05) is 27.7 Å². The highest BCUT2D eigenvalue weighted by molar-refractivity contribution is 5.92. The molecule has 27 heavy (non-hydrogen) atoms. The molecule has 7 heteroatoms. The molecule has 0 saturated carbocycles. The summed E-state index contributed by atoms with van der Waals surface area (Å²) in [5, 5.41) is 11.4. The number of rotatable bonds is 8. The fourth-order valence-corrected chi connectivity index (χ4v) is 2.18. The molecule has 0 radical (unpaired) electrons. The molecule has 1 unspecified atom stereocenters. The molecule has 1 aromatic carbocycles. The first-order valence-electron chi connectivity index (χ1n) is 9.01. The molecule has 2 N–H and O–H groups in total. The highest BCUT2D eigenvalue weighted by atomic mass is 16.6. The Morgan fingerprint density at radius 1 is 1.30 bits per heavy atom. The Balaban J connectivity index is 2.91. The van der Waals surface area contributed by atoms with E-state index in [-0.39, 0.29) is 12.5 Å². The van der Waals surface area contributed by atoms with Gasteiger partial charge in [0, 0.05) is 5.71 Å². The summed E-state index contributed by atoms with van der Waals surface area (Å²) in [5.74, 6) is -0.366. The molecule has 0 fully saturated rings. The minimum atomic E-state index is -1.03. The molecular formula is C20H30N2O5. The maximum atomic E-state index is 11.9. The summed E-state index contributed by atoms with van der Waals surface area (Å²) in [4.78, 5) is 27.2. The molecule has 150 valence electrons. The normalized spacial score (nSPS) is 13.0. The molecule has 0 saturated heterocycles. The van der Waals surface area contributed by atoms with Crippen molar-refractivity contribution < 1.29 is 24.2 Å². The first-order chi connectivity index (χ1) is 12.5. The van der Waals surface area contributed by atoms with E-state index >= 15 is 0 Å². The molecule has 0 spiro atoms. The Morgan fingerprint density at radius 2 is 1.96 bits per heavy atom. The second kappa shape index (κ2) is 9.94. The van der Waals surface area contributed by atoms with Crippen molar-refractivity contribution in [1.29, 1.82) is 0 Å². The van der Waals surface area contributed by atoms with E-state index < -0.39 is 17.7 Å². The summed E-state index contributed by atoms with van der Waals surface area (Å²) in [6.45, 7) is 11.3. The monoisotopic (exact) mass is 378 g/mol. The van der Waals surface area contributed by atoms with E-state index in [0.29, 0.717) is 12.3 Å². The van der Waals surface area contributed by atoms with Crippen LogP contribution in [0.4, 0.5) is 10.5 Å². The largest absolute Gasteiger partial charge is 0.482 e. The van der Waals surface area contributed by atoms with E-state index in [1.54, 1.807) is 18.2 Å². The Bertz CT molecular complexity index is 692. The minimum Gasteiger partial charge on any atom is -0.482 e. The van der Waals surface area contributed by atoms with Gasteiger partial charge in [0.15, 0.2) is 6.61 Å². The number of aryl methyl sites for hydroxylation is 1. The second-order valence-electron chi connectivity index (χ2n) is 7.40. The van der Waals surface area contributed by atoms with Crippen LogP contribution in [0.1, 0.15) is 46.6 Å². The maximum Gasteiger partial charge on any atom is 0.407 e. The van der Waals surface area contributed by atoms with E-state index in [0.717, 1.165) is 23.4 Å². The molecule has 0 aliphatic rings. The quantitative estimate of drug-likeness (QED) is 0.664. The number of hydrogen-bond donors (Lipinski definition) is 2. The number of ether oxygens (including phenoxy) is 2. The molecule has 0 aromatic heterocycles. The average molecular weight is 378 g/mol. The van der Waals surface area contributed by atoms with Crippen molar-refractivity contribution in [3.8, 4) is 5.75 Å². The summed E-state index contributed by atoms with van der Waals surface area (Å²) in [7, 11) is 0. The first-order valence-corrected chi connectivity index (χ1v) is 9.01. The number of carboxylic acid groups (broad SMARTS) is 1. The van der Waals surface area contributed by atoms with Crippen molar-refractivity contribution in [2.24, 2.45) is 10.9 Å². The van der Waals surface area contributed by atoms with Crippen LogP contribution in [0.2, 0.25) is 0 Å². The van der Waals surface area contributed by atoms with Crippen LogP contribution in [-0.2, 0) is 9.53 Å². The van der Waals surface area contributed by atoms with Gasteiger partial charge in [-0.15, -0.1) is 0 Å². The fourth-order valence-electron chi connectivity index (χ4n) is 2.18. The van der Waals surface area contributed by atoms with Gasteiger partial charge in [-0.25, -0.2) is 9.59 Å². The lowest BCUT2D eigenvalue weighted by Gasteiger charge is -2.21. The third-order valence-corrected chi connectivity index (χ3v) is 3.79. The predicted molar refractivity (Wildman–Crippen MR) is 105 cm³/mol. The summed E-state index contributed by atoms with van der Waals surface area (Å²) >= 11 is 0. The number of aliphatic imine (C=N–C) groups is 1. The lowest BCUT2D eigenvalue weighted by molar-refractivity contribution is -0.139. The standard InChI is InChI=1S/C20H30N2O5/c1-7-13(2)17(11-21-19(25)27-20(4,5)6)22-16-9-8-15(10-14(16)3)26-12-18(23)24/h8-10,13H,7,11-12H2,1-6H3,(H,21,25)(H,23,24)/b22-17-. The third-order valence-electron chi connectivity index (χ3n) is 3.79. The Hall–Kier alpha value is -2.57. The van der Waals surface area contributed by atoms with Crippen LogP contribution in [-0.4, -0.2) is 41.6 Å². The molecule has 1 amide bonds. The van der Waals surface area contributed by atoms with E-state index in [4.69, 9.17) is 19.6 Å². The van der Waals surface area contributed by atoms with Crippen LogP contribution >= 0.6 is 0 Å². The molecule has 0 aliphatic carbocycles. The van der Waals surface area contributed by atoms with Crippen molar-refractivity contribution in [3.63, 3.8) is 0 Å². The van der Waals surface area contributed by atoms with Gasteiger partial charge in [0.1, 0.15) is 11.4 Å². The van der Waals surface area contributed by atoms with E-state index in [9.17, 15) is 9.59 Å². The third kappa shape index (κ3) is 8.57. The van der Waals surface area contributed by atoms with Gasteiger partial charge in [-0.2, -0.15) is 0 Å². The summed E-state index contributed by atoms with van der Waals surface area (Å²) in [6, 6.07) is 5.21. The summed E-state index contributed by atoms with van der Waals surface area (Å²) < 4.78 is 10.4. The molecule has 7 nitrogen and oxygen atoms in total. The van der Waals surface area contributed by atoms with Crippen LogP contribution in [0.5, 0.6) is 5.75 Å². The SMILES string of the molecule is CCC(C)/C(CNC(=O)OC(C)(C)C)=N\c1ccc(OCC(=O)O)cc1C. The second-order valence-corrected chi connectivity index (χ2v) is 7.40. The zero-order chi connectivity index (χ0) is 20.6. The zero-order valence-electron chi connectivity index (χ0n) is 17.0. The van der Waals surface area contributed by atoms with Gasteiger partial charge in [0.05, 0.1) is 12.2 Å². The van der Waals surface area contributed by atoms with Gasteiger partial charge in [-0.05, 0) is 63.8 Å². The van der Waals surface area contributed by atoms with Crippen molar-refractivity contribution in [1.82, 2.24) is 5.32 Å². The van der Waals surface area contributed by atoms with Gasteiger partial charge >= 0.3 is 12.1 Å². The van der Waals surface area contributed by atoms with Crippen LogP contribution in [0, 0.1) is 12.8 Å². The number of amides is 1. The molecular weight excluding hydrogens is 348 g/mol. The van der Waals surface area contributed by atoms with Crippen molar-refractivity contribution in [2.45, 2.75) is 53.6 Å². The number of carbonyl (C=O) groups is 2. The smallest absolute Gasteiger partial charge is 0.407 e. The van der Waals surface area contributed by atoms with Crippen LogP contribution < -0.4 is 10.1 Å². The zero-order valence-corrected chi connectivity index (χ0v) is 17.0. The highest BCUT2D eigenvalue weighted by Crippen LogP contribution is 2.25. The fraction of sp³-hybridized carbons (Fsp3) is 0.550. The van der Waals surface area contributed by atoms with Gasteiger partial charge < -0.3 is 19.9 Å². The number of benzene rings is 1. The van der Waals surface area contributed by atoms with Crippen molar-refractivity contribution in [3.05, 3.63) is 23.8 Å². The molecule has 0 aliphatic heterocycles. The highest BCUT2D eigenvalue weighted by Gasteiger charge is 2.17. The van der Waals surface area contributed by atoms with E-state index in [2.05, 4.69) is 19.2 Å². The minimum absolute atomic E-state index is 0.183. The lowest BCUT2D eigenvalue weighted by atomic mass is 10.0. The van der Waals surface area contributed by atoms with E-state index in [1.165, 1.54) is 0 Å². The van der Waals surface area contributed by atoms with Crippen molar-refractivity contribution in [2.75, 3.05) is 13.2 Å². The maximum absolute atomic E-state index is 11.9. The van der Waals surface area contributed by atoms with Gasteiger partial charge in [0.2, 0.25) is 0 Å². The molecule has 0 bridgehead atoms. The average Bonchev–Trinajstić information content (AvgIpc) is 2.56. The number of alkyl carbamates (subject to hydrolysis) is 1. The van der Waals surface area contributed by atoms with Gasteiger partial charge in [-0.3, -0.25) is 4.99 Å². The Labute approximate surface area is 160 Å². The molecule has 1 rings (SSSR count). The van der Waals surface area contributed by atoms with Crippen LogP contribution in [0.3, 0.4) is 0 Å². The van der Waals surface area contributed by atoms with Crippen molar-refractivity contribution >= 4 is 23.5 Å². The van der Waals surface area contributed by atoms with Crippen LogP contribution in [0.15, 0.2) is 23.2 Å².